The smallest absolute Gasteiger partial charge is 0.306 e. The molecule has 42 heavy (non-hydrogen) atoms. The van der Waals surface area contributed by atoms with Gasteiger partial charge in [0.25, 0.3) is 5.91 Å². The predicted octanol–water partition coefficient (Wildman–Crippen LogP) is 5.50. The Morgan fingerprint density at radius 2 is 1.86 bits per heavy atom. The molecule has 1 saturated heterocycles. The lowest BCUT2D eigenvalue weighted by Crippen LogP contribution is -2.40. The summed E-state index contributed by atoms with van der Waals surface area (Å²) in [6.45, 7) is -0.0133. The van der Waals surface area contributed by atoms with E-state index in [0.29, 0.717) is 36.6 Å². The first kappa shape index (κ1) is 29.9. The summed E-state index contributed by atoms with van der Waals surface area (Å²) in [5.41, 5.74) is 0.764. The number of likely N-dealkylation sites (tertiary alicyclic amines) is 1. The zero-order valence-electron chi connectivity index (χ0n) is 22.9. The summed E-state index contributed by atoms with van der Waals surface area (Å²) in [5, 5.41) is 12.3. The van der Waals surface area contributed by atoms with E-state index < -0.39 is 41.6 Å². The van der Waals surface area contributed by atoms with E-state index in [2.05, 4.69) is 5.32 Å². The number of carbonyl (C=O) groups excluding carboxylic acids is 2. The van der Waals surface area contributed by atoms with E-state index in [-0.39, 0.29) is 59.9 Å². The molecule has 2 N–H and O–H groups in total. The molecule has 2 amide bonds. The summed E-state index contributed by atoms with van der Waals surface area (Å²) in [7, 11) is 1.67. The first-order chi connectivity index (χ1) is 20.0. The number of carboxylic acid groups (broad SMARTS) is 1. The van der Waals surface area contributed by atoms with Gasteiger partial charge in [0, 0.05) is 25.1 Å². The van der Waals surface area contributed by atoms with E-state index in [0.717, 1.165) is 6.07 Å². The second-order valence-electron chi connectivity index (χ2n) is 11.0. The number of aryl methyl sites for hydroxylation is 1. The number of hydrogen-bond acceptors (Lipinski definition) is 4. The Morgan fingerprint density at radius 3 is 2.57 bits per heavy atom. The third-order valence-electron chi connectivity index (χ3n) is 8.15. The average Bonchev–Trinajstić information content (AvgIpc) is 3.49. The summed E-state index contributed by atoms with van der Waals surface area (Å²) in [4.78, 5) is 38.6. The van der Waals surface area contributed by atoms with Crippen LogP contribution in [-0.2, 0) is 27.8 Å². The zero-order chi connectivity index (χ0) is 30.1. The third kappa shape index (κ3) is 6.42. The summed E-state index contributed by atoms with van der Waals surface area (Å²) in [6, 6.07) is 5.81. The molecule has 224 valence electrons. The standard InChI is InChI=1S/C30H31ClF3N3O5/c1-36-14-23(22-7-4-18(32)11-27(22)36)29(39)35-26-12-25(34)17(8-24(26)31)9-28(38)37-13-19(33)10-20(37)15-42-21-5-2-16(3-6-21)30(40)41/h4,7-8,11-12,14,16,19-21H,2-3,5-6,9-10,13,15H2,1H3,(H,35,39)(H,40,41)/t16-,19-,20-,21-/m0/s1. The first-order valence-electron chi connectivity index (χ1n) is 13.8. The summed E-state index contributed by atoms with van der Waals surface area (Å²) in [5.74, 6) is -3.44. The number of carbonyl (C=O) groups is 3. The second-order valence-corrected chi connectivity index (χ2v) is 11.5. The molecule has 12 heteroatoms. The molecule has 1 saturated carbocycles. The predicted molar refractivity (Wildman–Crippen MR) is 150 cm³/mol. The monoisotopic (exact) mass is 605 g/mol. The Bertz CT molecular complexity index is 1520. The van der Waals surface area contributed by atoms with Gasteiger partial charge in [0.05, 0.1) is 59.4 Å². The molecule has 0 unspecified atom stereocenters. The Morgan fingerprint density at radius 1 is 1.12 bits per heavy atom. The van der Waals surface area contributed by atoms with Gasteiger partial charge in [-0.25, -0.2) is 13.2 Å². The Balaban J connectivity index is 1.22. The molecule has 2 aliphatic rings. The van der Waals surface area contributed by atoms with Gasteiger partial charge in [0.15, 0.2) is 0 Å². The number of nitrogens with one attached hydrogen (secondary N) is 1. The maximum atomic E-state index is 15.1. The highest BCUT2D eigenvalue weighted by atomic mass is 35.5. The van der Waals surface area contributed by atoms with Crippen LogP contribution in [0.5, 0.6) is 0 Å². The van der Waals surface area contributed by atoms with Gasteiger partial charge in [-0.3, -0.25) is 14.4 Å². The number of aliphatic carboxylic acids is 1. The van der Waals surface area contributed by atoms with Gasteiger partial charge in [0.1, 0.15) is 17.8 Å². The van der Waals surface area contributed by atoms with E-state index in [1.807, 2.05) is 0 Å². The summed E-state index contributed by atoms with van der Waals surface area (Å²) >= 11 is 6.36. The number of aromatic nitrogens is 1. The van der Waals surface area contributed by atoms with E-state index >= 15 is 4.39 Å². The molecular weight excluding hydrogens is 575 g/mol. The van der Waals surface area contributed by atoms with Crippen molar-refractivity contribution in [3.8, 4) is 0 Å². The van der Waals surface area contributed by atoms with Crippen LogP contribution in [0.2, 0.25) is 5.02 Å². The molecule has 1 aliphatic heterocycles. The van der Waals surface area contributed by atoms with Gasteiger partial charge in [-0.1, -0.05) is 11.6 Å². The van der Waals surface area contributed by atoms with Crippen molar-refractivity contribution in [2.75, 3.05) is 18.5 Å². The van der Waals surface area contributed by atoms with Crippen LogP contribution in [0.4, 0.5) is 18.9 Å². The molecule has 2 fully saturated rings. The van der Waals surface area contributed by atoms with Gasteiger partial charge in [-0.15, -0.1) is 0 Å². The molecule has 5 rings (SSSR count). The van der Waals surface area contributed by atoms with Gasteiger partial charge >= 0.3 is 5.97 Å². The molecule has 2 aromatic carbocycles. The van der Waals surface area contributed by atoms with Crippen molar-refractivity contribution in [3.63, 3.8) is 0 Å². The molecule has 1 aromatic heterocycles. The van der Waals surface area contributed by atoms with Crippen molar-refractivity contribution in [1.29, 1.82) is 0 Å². The number of ether oxygens (including phenoxy) is 1. The minimum atomic E-state index is -1.23. The van der Waals surface area contributed by atoms with E-state index in [4.69, 9.17) is 21.4 Å². The number of amides is 2. The average molecular weight is 606 g/mol. The number of rotatable bonds is 8. The highest BCUT2D eigenvalue weighted by Gasteiger charge is 2.37. The highest BCUT2D eigenvalue weighted by molar-refractivity contribution is 6.34. The number of nitrogens with zero attached hydrogens (tertiary/aromatic N) is 2. The quantitative estimate of drug-likeness (QED) is 0.353. The molecule has 0 radical (unpaired) electrons. The maximum Gasteiger partial charge on any atom is 0.306 e. The number of carboxylic acids is 1. The van der Waals surface area contributed by atoms with Gasteiger partial charge in [-0.05, 0) is 61.6 Å². The lowest BCUT2D eigenvalue weighted by atomic mass is 9.87. The lowest BCUT2D eigenvalue weighted by Gasteiger charge is -2.30. The van der Waals surface area contributed by atoms with Gasteiger partial charge < -0.3 is 24.6 Å². The molecule has 8 nitrogen and oxygen atoms in total. The van der Waals surface area contributed by atoms with Gasteiger partial charge in [0.2, 0.25) is 5.91 Å². The van der Waals surface area contributed by atoms with Crippen molar-refractivity contribution in [1.82, 2.24) is 9.47 Å². The number of alkyl halides is 1. The van der Waals surface area contributed by atoms with Crippen LogP contribution >= 0.6 is 11.6 Å². The van der Waals surface area contributed by atoms with Crippen LogP contribution in [0.1, 0.15) is 48.0 Å². The second kappa shape index (κ2) is 12.3. The number of hydrogen-bond donors (Lipinski definition) is 2. The number of anilines is 1. The molecule has 0 spiro atoms. The van der Waals surface area contributed by atoms with Crippen LogP contribution < -0.4 is 5.32 Å². The number of halogens is 4. The maximum absolute atomic E-state index is 15.1. The molecule has 0 bridgehead atoms. The molecule has 1 aliphatic carbocycles. The van der Waals surface area contributed by atoms with Crippen molar-refractivity contribution >= 4 is 46.0 Å². The minimum absolute atomic E-state index is 0.00222. The number of benzene rings is 2. The Hall–Kier alpha value is -3.57. The molecule has 3 aromatic rings. The van der Waals surface area contributed by atoms with Crippen LogP contribution in [0.15, 0.2) is 36.5 Å². The normalized spacial score (nSPS) is 22.5. The van der Waals surface area contributed by atoms with Crippen LogP contribution in [-0.4, -0.2) is 63.8 Å². The topological polar surface area (TPSA) is 101 Å². The Kier molecular flexibility index (Phi) is 8.79. The highest BCUT2D eigenvalue weighted by Crippen LogP contribution is 2.31. The molecular formula is C30H31ClF3N3O5. The van der Waals surface area contributed by atoms with Crippen molar-refractivity contribution < 1.29 is 37.4 Å². The van der Waals surface area contributed by atoms with E-state index in [1.54, 1.807) is 11.6 Å². The SMILES string of the molecule is Cn1cc(C(=O)Nc2cc(F)c(CC(=O)N3C[C@@H](F)C[C@H]3CO[C@H]3CC[C@H](C(=O)O)CC3)cc2Cl)c2ccc(F)cc21. The van der Waals surface area contributed by atoms with Crippen molar-refractivity contribution in [3.05, 3.63) is 64.3 Å². The fourth-order valence-electron chi connectivity index (χ4n) is 5.86. The third-order valence-corrected chi connectivity index (χ3v) is 8.47. The van der Waals surface area contributed by atoms with Crippen LogP contribution in [0, 0.1) is 17.6 Å². The lowest BCUT2D eigenvalue weighted by molar-refractivity contribution is -0.144. The number of fused-ring (bicyclic) bond motifs is 1. The first-order valence-corrected chi connectivity index (χ1v) is 14.2. The van der Waals surface area contributed by atoms with Crippen LogP contribution in [0.3, 0.4) is 0 Å². The fraction of sp³-hybridized carbons (Fsp3) is 0.433. The van der Waals surface area contributed by atoms with E-state index in [1.165, 1.54) is 35.4 Å². The van der Waals surface area contributed by atoms with Crippen LogP contribution in [0.25, 0.3) is 10.9 Å². The van der Waals surface area contributed by atoms with Gasteiger partial charge in [-0.2, -0.15) is 0 Å². The largest absolute Gasteiger partial charge is 0.481 e. The molecule has 2 heterocycles. The Labute approximate surface area is 245 Å². The summed E-state index contributed by atoms with van der Waals surface area (Å²) < 4.78 is 50.6. The van der Waals surface area contributed by atoms with E-state index in [9.17, 15) is 23.2 Å². The minimum Gasteiger partial charge on any atom is -0.481 e. The summed E-state index contributed by atoms with van der Waals surface area (Å²) in [6.07, 6.45) is 2.09. The van der Waals surface area contributed by atoms with Crippen molar-refractivity contribution in [2.45, 2.75) is 56.8 Å². The fourth-order valence-corrected chi connectivity index (χ4v) is 6.09. The zero-order valence-corrected chi connectivity index (χ0v) is 23.7. The van der Waals surface area contributed by atoms with Crippen molar-refractivity contribution in [2.24, 2.45) is 13.0 Å². The molecule has 2 atom stereocenters.